The Bertz CT molecular complexity index is 329. The molecule has 14 heavy (non-hydrogen) atoms. The molecule has 0 aliphatic carbocycles. The van der Waals surface area contributed by atoms with Crippen molar-refractivity contribution in [2.45, 2.75) is 6.18 Å². The minimum atomic E-state index is -4.29. The van der Waals surface area contributed by atoms with Crippen molar-refractivity contribution >= 4 is 20.2 Å². The fourth-order valence-electron chi connectivity index (χ4n) is 0.913. The standard InChI is InChI=1S/C9H7F3OSe/c1-13-8(14)6-2-4-7(5-3-6)9(10,11)12/h2-5H,1H3. The van der Waals surface area contributed by atoms with Crippen molar-refractivity contribution in [3.8, 4) is 0 Å². The first kappa shape index (κ1) is 11.3. The topological polar surface area (TPSA) is 9.23 Å². The Morgan fingerprint density at radius 1 is 1.21 bits per heavy atom. The summed E-state index contributed by atoms with van der Waals surface area (Å²) in [5.41, 5.74) is -0.0642. The first-order valence-corrected chi connectivity index (χ1v) is 4.56. The van der Waals surface area contributed by atoms with E-state index in [9.17, 15) is 13.2 Å². The first-order valence-electron chi connectivity index (χ1n) is 3.70. The molecule has 0 saturated heterocycles. The third-order valence-electron chi connectivity index (χ3n) is 1.63. The predicted molar refractivity (Wildman–Crippen MR) is 48.3 cm³/mol. The molecule has 0 unspecified atom stereocenters. The summed E-state index contributed by atoms with van der Waals surface area (Å²) in [7, 11) is 1.45. The summed E-state index contributed by atoms with van der Waals surface area (Å²) in [5.74, 6) is 0. The molecule has 0 aliphatic rings. The van der Waals surface area contributed by atoms with Crippen LogP contribution in [0.1, 0.15) is 11.1 Å². The normalized spacial score (nSPS) is 11.1. The molecule has 0 N–H and O–H groups in total. The average molecular weight is 267 g/mol. The van der Waals surface area contributed by atoms with Crippen LogP contribution in [0.2, 0.25) is 0 Å². The molecule has 0 heterocycles. The Balaban J connectivity index is 2.95. The number of halogens is 3. The number of alkyl halides is 3. The second-order valence-electron chi connectivity index (χ2n) is 2.57. The molecule has 0 spiro atoms. The van der Waals surface area contributed by atoms with Crippen molar-refractivity contribution in [1.29, 1.82) is 0 Å². The second kappa shape index (κ2) is 4.15. The van der Waals surface area contributed by atoms with Crippen molar-refractivity contribution in [2.75, 3.05) is 7.11 Å². The van der Waals surface area contributed by atoms with Gasteiger partial charge in [0.25, 0.3) is 0 Å². The van der Waals surface area contributed by atoms with Gasteiger partial charge in [0.15, 0.2) is 0 Å². The predicted octanol–water partition coefficient (Wildman–Crippen LogP) is 2.00. The molecule has 1 aromatic carbocycles. The van der Waals surface area contributed by atoms with Crippen LogP contribution in [0.15, 0.2) is 24.3 Å². The van der Waals surface area contributed by atoms with E-state index in [1.165, 1.54) is 19.2 Å². The van der Waals surface area contributed by atoms with E-state index >= 15 is 0 Å². The van der Waals surface area contributed by atoms with Gasteiger partial charge in [-0.25, -0.2) is 0 Å². The van der Waals surface area contributed by atoms with Crippen LogP contribution in [0.4, 0.5) is 13.2 Å². The van der Waals surface area contributed by atoms with Crippen molar-refractivity contribution in [3.05, 3.63) is 35.4 Å². The van der Waals surface area contributed by atoms with Gasteiger partial charge >= 0.3 is 86.8 Å². The fraction of sp³-hybridized carbons (Fsp3) is 0.222. The number of rotatable bonds is 2. The van der Waals surface area contributed by atoms with Crippen LogP contribution < -0.4 is 0 Å². The molecule has 0 atom stereocenters. The van der Waals surface area contributed by atoms with E-state index in [2.05, 4.69) is 15.6 Å². The Labute approximate surface area is 87.2 Å². The molecule has 0 aliphatic heterocycles. The van der Waals surface area contributed by atoms with E-state index in [0.29, 0.717) is 10.2 Å². The van der Waals surface area contributed by atoms with E-state index in [1.807, 2.05) is 0 Å². The zero-order chi connectivity index (χ0) is 10.8. The van der Waals surface area contributed by atoms with Gasteiger partial charge in [-0.15, -0.1) is 0 Å². The zero-order valence-corrected chi connectivity index (χ0v) is 8.97. The molecule has 0 amide bonds. The molecule has 1 nitrogen and oxygen atoms in total. The van der Waals surface area contributed by atoms with E-state index in [1.54, 1.807) is 0 Å². The molecule has 0 aromatic heterocycles. The number of methoxy groups -OCH3 is 1. The molecule has 1 rings (SSSR count). The quantitative estimate of drug-likeness (QED) is 0.745. The number of ether oxygens (including phenoxy) is 1. The number of benzene rings is 1. The number of hydrogen-bond donors (Lipinski definition) is 0. The molecular formula is C9H7F3OSe. The fourth-order valence-corrected chi connectivity index (χ4v) is 1.20. The van der Waals surface area contributed by atoms with Gasteiger partial charge in [-0.3, -0.25) is 0 Å². The molecule has 0 fully saturated rings. The Hall–Kier alpha value is -0.801. The van der Waals surface area contributed by atoms with Crippen molar-refractivity contribution in [1.82, 2.24) is 0 Å². The summed E-state index contributed by atoms with van der Waals surface area (Å²) in [4.78, 5) is 0. The summed E-state index contributed by atoms with van der Waals surface area (Å²) in [5, 5.41) is 0. The summed E-state index contributed by atoms with van der Waals surface area (Å²) >= 11 is 2.61. The maximum atomic E-state index is 12.2. The average Bonchev–Trinajstić information content (AvgIpc) is 2.15. The Morgan fingerprint density at radius 2 is 1.71 bits per heavy atom. The molecule has 76 valence electrons. The monoisotopic (exact) mass is 268 g/mol. The van der Waals surface area contributed by atoms with E-state index < -0.39 is 11.7 Å². The Morgan fingerprint density at radius 3 is 2.07 bits per heavy atom. The summed E-state index contributed by atoms with van der Waals surface area (Å²) in [6.45, 7) is 0. The van der Waals surface area contributed by atoms with Crippen LogP contribution in [0, 0.1) is 0 Å². The van der Waals surface area contributed by atoms with Crippen LogP contribution >= 0.6 is 0 Å². The first-order chi connectivity index (χ1) is 6.45. The van der Waals surface area contributed by atoms with E-state index in [-0.39, 0.29) is 0 Å². The van der Waals surface area contributed by atoms with Gasteiger partial charge < -0.3 is 0 Å². The van der Waals surface area contributed by atoms with Gasteiger partial charge in [-0.05, 0) is 0 Å². The SMILES string of the molecule is COC(=[Se])c1ccc(C(F)(F)F)cc1. The third-order valence-corrected chi connectivity index (χ3v) is 2.48. The van der Waals surface area contributed by atoms with Crippen molar-refractivity contribution < 1.29 is 17.9 Å². The van der Waals surface area contributed by atoms with Gasteiger partial charge in [0, 0.05) is 0 Å². The molecule has 0 radical (unpaired) electrons. The van der Waals surface area contributed by atoms with Gasteiger partial charge in [-0.2, -0.15) is 0 Å². The van der Waals surface area contributed by atoms with Gasteiger partial charge in [-0.1, -0.05) is 0 Å². The second-order valence-corrected chi connectivity index (χ2v) is 3.34. The summed E-state index contributed by atoms with van der Waals surface area (Å²) in [6, 6.07) is 4.76. The van der Waals surface area contributed by atoms with Gasteiger partial charge in [0.2, 0.25) is 0 Å². The van der Waals surface area contributed by atoms with E-state index in [4.69, 9.17) is 4.74 Å². The van der Waals surface area contributed by atoms with Crippen LogP contribution in [-0.2, 0) is 10.9 Å². The van der Waals surface area contributed by atoms with Gasteiger partial charge in [0.05, 0.1) is 0 Å². The Kier molecular flexibility index (Phi) is 3.34. The summed E-state index contributed by atoms with van der Waals surface area (Å²) in [6.07, 6.45) is -4.29. The number of hydrogen-bond acceptors (Lipinski definition) is 1. The molecule has 0 saturated carbocycles. The maximum absolute atomic E-state index is 12.2. The molecular weight excluding hydrogens is 260 g/mol. The zero-order valence-electron chi connectivity index (χ0n) is 7.26. The van der Waals surface area contributed by atoms with Crippen molar-refractivity contribution in [2.24, 2.45) is 0 Å². The van der Waals surface area contributed by atoms with Gasteiger partial charge in [0.1, 0.15) is 0 Å². The van der Waals surface area contributed by atoms with Crippen LogP contribution in [0.5, 0.6) is 0 Å². The third kappa shape index (κ3) is 2.59. The van der Waals surface area contributed by atoms with E-state index in [0.717, 1.165) is 12.1 Å². The van der Waals surface area contributed by atoms with Crippen LogP contribution in [-0.4, -0.2) is 27.3 Å². The van der Waals surface area contributed by atoms with Crippen LogP contribution in [0.3, 0.4) is 0 Å². The molecule has 0 bridgehead atoms. The van der Waals surface area contributed by atoms with Crippen LogP contribution in [0.25, 0.3) is 0 Å². The van der Waals surface area contributed by atoms with Crippen molar-refractivity contribution in [3.63, 3.8) is 0 Å². The molecule has 1 aromatic rings. The summed E-state index contributed by atoms with van der Waals surface area (Å²) < 4.78 is 41.8. The molecule has 5 heteroatoms. The minimum absolute atomic E-state index is 0.471.